The Balaban J connectivity index is 2.19. The summed E-state index contributed by atoms with van der Waals surface area (Å²) in [6, 6.07) is 7.36. The molecule has 0 aliphatic carbocycles. The van der Waals surface area contributed by atoms with E-state index in [9.17, 15) is 4.39 Å². The summed E-state index contributed by atoms with van der Waals surface area (Å²) in [7, 11) is 3.60. The average Bonchev–Trinajstić information content (AvgIpc) is 2.42. The van der Waals surface area contributed by atoms with E-state index in [4.69, 9.17) is 0 Å². The molecule has 0 bridgehead atoms. The third-order valence-corrected chi connectivity index (χ3v) is 2.80. The van der Waals surface area contributed by atoms with E-state index in [1.807, 2.05) is 25.2 Å². The van der Waals surface area contributed by atoms with Crippen molar-refractivity contribution in [3.05, 3.63) is 53.7 Å². The Morgan fingerprint density at radius 3 is 2.74 bits per heavy atom. The third kappa shape index (κ3) is 3.26. The largest absolute Gasteiger partial charge is 0.351 e. The van der Waals surface area contributed by atoms with Crippen LogP contribution in [0.15, 0.2) is 36.7 Å². The second-order valence-corrected chi connectivity index (χ2v) is 4.32. The van der Waals surface area contributed by atoms with E-state index in [0.29, 0.717) is 24.5 Å². The van der Waals surface area contributed by atoms with E-state index in [-0.39, 0.29) is 5.82 Å². The first kappa shape index (κ1) is 13.4. The zero-order chi connectivity index (χ0) is 13.7. The van der Waals surface area contributed by atoms with Gasteiger partial charge in [0, 0.05) is 31.5 Å². The number of rotatable bonds is 5. The maximum atomic E-state index is 14.2. The first-order chi connectivity index (χ1) is 9.22. The van der Waals surface area contributed by atoms with Gasteiger partial charge in [-0.1, -0.05) is 6.07 Å². The molecule has 5 heteroatoms. The van der Waals surface area contributed by atoms with Gasteiger partial charge in [0.25, 0.3) is 0 Å². The predicted molar refractivity (Wildman–Crippen MR) is 73.3 cm³/mol. The highest BCUT2D eigenvalue weighted by Crippen LogP contribution is 2.19. The number of pyridine rings is 2. The van der Waals surface area contributed by atoms with Crippen molar-refractivity contribution in [2.45, 2.75) is 13.1 Å². The molecule has 0 aliphatic rings. The molecule has 0 atom stereocenters. The quantitative estimate of drug-likeness (QED) is 0.892. The molecular formula is C14H17FN4. The molecule has 100 valence electrons. The molecule has 0 saturated heterocycles. The topological polar surface area (TPSA) is 41.1 Å². The summed E-state index contributed by atoms with van der Waals surface area (Å²) in [5.41, 5.74) is 1.49. The van der Waals surface area contributed by atoms with E-state index in [2.05, 4.69) is 15.3 Å². The molecule has 4 nitrogen and oxygen atoms in total. The normalized spacial score (nSPS) is 10.5. The minimum absolute atomic E-state index is 0.282. The molecule has 2 heterocycles. The molecule has 0 fully saturated rings. The highest BCUT2D eigenvalue weighted by atomic mass is 19.1. The van der Waals surface area contributed by atoms with Crippen LogP contribution in [0, 0.1) is 5.82 Å². The fourth-order valence-corrected chi connectivity index (χ4v) is 1.87. The Morgan fingerprint density at radius 1 is 1.21 bits per heavy atom. The molecule has 0 unspecified atom stereocenters. The van der Waals surface area contributed by atoms with E-state index >= 15 is 0 Å². The summed E-state index contributed by atoms with van der Waals surface area (Å²) in [6.07, 6.45) is 3.35. The highest BCUT2D eigenvalue weighted by molar-refractivity contribution is 5.42. The molecule has 2 rings (SSSR count). The summed E-state index contributed by atoms with van der Waals surface area (Å²) >= 11 is 0. The van der Waals surface area contributed by atoms with Crippen LogP contribution in [0.1, 0.15) is 11.3 Å². The summed E-state index contributed by atoms with van der Waals surface area (Å²) in [5.74, 6) is 0.0636. The van der Waals surface area contributed by atoms with Crippen LogP contribution < -0.4 is 10.2 Å². The summed E-state index contributed by atoms with van der Waals surface area (Å²) in [6.45, 7) is 1.01. The average molecular weight is 260 g/mol. The maximum Gasteiger partial charge on any atom is 0.170 e. The van der Waals surface area contributed by atoms with Crippen LogP contribution in [0.2, 0.25) is 0 Å². The van der Waals surface area contributed by atoms with Crippen molar-refractivity contribution in [1.29, 1.82) is 0 Å². The van der Waals surface area contributed by atoms with Gasteiger partial charge in [-0.3, -0.25) is 4.98 Å². The zero-order valence-corrected chi connectivity index (χ0v) is 11.1. The minimum atomic E-state index is -0.282. The van der Waals surface area contributed by atoms with E-state index in [1.165, 1.54) is 0 Å². The van der Waals surface area contributed by atoms with Gasteiger partial charge >= 0.3 is 0 Å². The Kier molecular flexibility index (Phi) is 4.41. The molecule has 0 saturated carbocycles. The number of nitrogens with one attached hydrogen (secondary N) is 1. The lowest BCUT2D eigenvalue weighted by Crippen LogP contribution is -2.21. The van der Waals surface area contributed by atoms with Gasteiger partial charge in [-0.25, -0.2) is 9.37 Å². The fraction of sp³-hybridized carbons (Fsp3) is 0.286. The van der Waals surface area contributed by atoms with Crippen LogP contribution in [0.5, 0.6) is 0 Å². The smallest absolute Gasteiger partial charge is 0.170 e. The van der Waals surface area contributed by atoms with Crippen LogP contribution in [-0.2, 0) is 13.1 Å². The van der Waals surface area contributed by atoms with Gasteiger partial charge in [-0.05, 0) is 25.2 Å². The summed E-state index contributed by atoms with van der Waals surface area (Å²) in [4.78, 5) is 10.1. The third-order valence-electron chi connectivity index (χ3n) is 2.80. The molecule has 0 spiro atoms. The summed E-state index contributed by atoms with van der Waals surface area (Å²) < 4.78 is 14.2. The van der Waals surface area contributed by atoms with Crippen LogP contribution >= 0.6 is 0 Å². The van der Waals surface area contributed by atoms with Crippen molar-refractivity contribution in [3.8, 4) is 0 Å². The lowest BCUT2D eigenvalue weighted by Gasteiger charge is -2.19. The predicted octanol–water partition coefficient (Wildman–Crippen LogP) is 1.97. The van der Waals surface area contributed by atoms with Crippen LogP contribution in [0.3, 0.4) is 0 Å². The Morgan fingerprint density at radius 2 is 2.05 bits per heavy atom. The molecule has 19 heavy (non-hydrogen) atoms. The number of hydrogen-bond donors (Lipinski definition) is 1. The van der Waals surface area contributed by atoms with Gasteiger partial charge in [0.05, 0.1) is 12.2 Å². The SMILES string of the molecule is CNCc1ccnc(N(C)Cc2ccccn2)c1F. The standard InChI is InChI=1S/C14H17FN4/c1-16-9-11-6-8-18-14(13(11)15)19(2)10-12-5-3-4-7-17-12/h3-8,16H,9-10H2,1-2H3. The number of aromatic nitrogens is 2. The van der Waals surface area contributed by atoms with Crippen molar-refractivity contribution >= 4 is 5.82 Å². The Labute approximate surface area is 112 Å². The number of anilines is 1. The van der Waals surface area contributed by atoms with Gasteiger partial charge in [0.1, 0.15) is 0 Å². The lowest BCUT2D eigenvalue weighted by molar-refractivity contribution is 0.589. The van der Waals surface area contributed by atoms with Crippen molar-refractivity contribution < 1.29 is 4.39 Å². The van der Waals surface area contributed by atoms with Crippen molar-refractivity contribution in [3.63, 3.8) is 0 Å². The molecule has 0 radical (unpaired) electrons. The second-order valence-electron chi connectivity index (χ2n) is 4.32. The summed E-state index contributed by atoms with van der Waals surface area (Å²) in [5, 5.41) is 2.94. The molecule has 0 amide bonds. The van der Waals surface area contributed by atoms with Crippen molar-refractivity contribution in [2.24, 2.45) is 0 Å². The first-order valence-electron chi connectivity index (χ1n) is 6.11. The van der Waals surface area contributed by atoms with Crippen LogP contribution in [0.4, 0.5) is 10.2 Å². The van der Waals surface area contributed by atoms with E-state index in [0.717, 1.165) is 5.69 Å². The van der Waals surface area contributed by atoms with Gasteiger partial charge in [0.15, 0.2) is 11.6 Å². The molecule has 2 aromatic rings. The molecule has 1 N–H and O–H groups in total. The van der Waals surface area contributed by atoms with Crippen LogP contribution in [-0.4, -0.2) is 24.1 Å². The van der Waals surface area contributed by atoms with E-state index < -0.39 is 0 Å². The minimum Gasteiger partial charge on any atom is -0.351 e. The number of hydrogen-bond acceptors (Lipinski definition) is 4. The lowest BCUT2D eigenvalue weighted by atomic mass is 10.2. The van der Waals surface area contributed by atoms with Crippen molar-refractivity contribution in [2.75, 3.05) is 19.0 Å². The Bertz CT molecular complexity index is 530. The molecular weight excluding hydrogens is 243 g/mol. The molecule has 0 aromatic carbocycles. The van der Waals surface area contributed by atoms with Gasteiger partial charge in [-0.15, -0.1) is 0 Å². The van der Waals surface area contributed by atoms with Gasteiger partial charge in [0.2, 0.25) is 0 Å². The van der Waals surface area contributed by atoms with Gasteiger partial charge in [-0.2, -0.15) is 0 Å². The second kappa shape index (κ2) is 6.24. The van der Waals surface area contributed by atoms with E-state index in [1.54, 1.807) is 30.4 Å². The van der Waals surface area contributed by atoms with Gasteiger partial charge < -0.3 is 10.2 Å². The maximum absolute atomic E-state index is 14.2. The van der Waals surface area contributed by atoms with Crippen LogP contribution in [0.25, 0.3) is 0 Å². The Hall–Kier alpha value is -2.01. The highest BCUT2D eigenvalue weighted by Gasteiger charge is 2.13. The fourth-order valence-electron chi connectivity index (χ4n) is 1.87. The zero-order valence-electron chi connectivity index (χ0n) is 11.1. The number of nitrogens with zero attached hydrogens (tertiary/aromatic N) is 3. The molecule has 2 aromatic heterocycles. The number of halogens is 1. The monoisotopic (exact) mass is 260 g/mol. The first-order valence-corrected chi connectivity index (χ1v) is 6.11. The van der Waals surface area contributed by atoms with Crippen molar-refractivity contribution in [1.82, 2.24) is 15.3 Å². The molecule has 0 aliphatic heterocycles.